The maximum absolute atomic E-state index is 11.9. The number of hydrogen-bond donors (Lipinski definition) is 3. The molecular weight excluding hydrogens is 496 g/mol. The first-order chi connectivity index (χ1) is 16.5. The van der Waals surface area contributed by atoms with Crippen LogP contribution in [-0.2, 0) is 20.2 Å². The van der Waals surface area contributed by atoms with Crippen LogP contribution in [0.15, 0.2) is 109 Å². The normalized spacial score (nSPS) is 12.6. The Labute approximate surface area is 199 Å². The fraction of sp³-hybridized carbons (Fsp3) is 0. The number of azo groups is 2. The van der Waals surface area contributed by atoms with E-state index in [1.54, 1.807) is 24.3 Å². The largest absolute Gasteiger partial charge is 0.505 e. The maximum Gasteiger partial charge on any atom is 0.295 e. The van der Waals surface area contributed by atoms with Crippen molar-refractivity contribution < 1.29 is 31.0 Å². The number of nitrogens with zero attached hydrogens (tertiary/aromatic N) is 4. The summed E-state index contributed by atoms with van der Waals surface area (Å²) >= 11 is 0. The van der Waals surface area contributed by atoms with E-state index in [0.29, 0.717) is 17.1 Å². The quantitative estimate of drug-likeness (QED) is 0.213. The third-order valence-electron chi connectivity index (χ3n) is 4.75. The monoisotopic (exact) mass is 512 g/mol. The van der Waals surface area contributed by atoms with Gasteiger partial charge < -0.3 is 5.11 Å². The highest BCUT2D eigenvalue weighted by Gasteiger charge is 2.25. The standard InChI is InChI=1S/C22H16N4O7S2/c27-22-18(13-20(35(31,32)33)17-7-4-8-19(21(17)22)34(28,29)30)26-25-16-11-9-15(10-12-16)24-23-14-5-2-1-3-6-14/h1-13,27H,(H,28,29,30)(H,31,32,33). The number of benzene rings is 4. The Morgan fingerprint density at radius 3 is 1.63 bits per heavy atom. The van der Waals surface area contributed by atoms with Crippen LogP contribution in [0.1, 0.15) is 0 Å². The molecule has 0 aliphatic rings. The molecule has 4 aromatic carbocycles. The Hall–Kier alpha value is -4.04. The van der Waals surface area contributed by atoms with E-state index in [9.17, 15) is 31.0 Å². The van der Waals surface area contributed by atoms with Crippen molar-refractivity contribution in [2.45, 2.75) is 9.79 Å². The third kappa shape index (κ3) is 5.38. The molecular formula is C22H16N4O7S2. The molecule has 35 heavy (non-hydrogen) atoms. The molecule has 0 fully saturated rings. The minimum absolute atomic E-state index is 0.291. The molecule has 4 aromatic rings. The second-order valence-electron chi connectivity index (χ2n) is 7.12. The van der Waals surface area contributed by atoms with Crippen molar-refractivity contribution in [2.24, 2.45) is 20.5 Å². The molecule has 178 valence electrons. The first-order valence-corrected chi connectivity index (χ1v) is 12.6. The molecule has 0 spiro atoms. The average molecular weight is 513 g/mol. The molecule has 0 amide bonds. The van der Waals surface area contributed by atoms with Gasteiger partial charge >= 0.3 is 0 Å². The summed E-state index contributed by atoms with van der Waals surface area (Å²) in [5.74, 6) is -0.752. The van der Waals surface area contributed by atoms with Crippen LogP contribution in [0.5, 0.6) is 5.75 Å². The zero-order valence-corrected chi connectivity index (χ0v) is 19.2. The Kier molecular flexibility index (Phi) is 6.41. The molecule has 0 aliphatic carbocycles. The number of aromatic hydroxyl groups is 1. The molecule has 0 saturated heterocycles. The lowest BCUT2D eigenvalue weighted by molar-refractivity contribution is 0.472. The van der Waals surface area contributed by atoms with Gasteiger partial charge in [-0.1, -0.05) is 30.3 Å². The van der Waals surface area contributed by atoms with E-state index >= 15 is 0 Å². The van der Waals surface area contributed by atoms with Gasteiger partial charge in [-0.15, -0.1) is 5.11 Å². The number of phenols is 1. The van der Waals surface area contributed by atoms with Crippen molar-refractivity contribution >= 4 is 53.8 Å². The van der Waals surface area contributed by atoms with Gasteiger partial charge in [0.05, 0.1) is 17.1 Å². The smallest absolute Gasteiger partial charge is 0.295 e. The van der Waals surface area contributed by atoms with Crippen molar-refractivity contribution in [2.75, 3.05) is 0 Å². The Balaban J connectivity index is 1.74. The molecule has 0 aromatic heterocycles. The van der Waals surface area contributed by atoms with Crippen molar-refractivity contribution in [1.82, 2.24) is 0 Å². The van der Waals surface area contributed by atoms with E-state index in [1.165, 1.54) is 12.1 Å². The van der Waals surface area contributed by atoms with E-state index in [0.717, 1.165) is 24.3 Å². The summed E-state index contributed by atoms with van der Waals surface area (Å²) in [4.78, 5) is -1.48. The Morgan fingerprint density at radius 1 is 0.571 bits per heavy atom. The van der Waals surface area contributed by atoms with Gasteiger partial charge in [-0.25, -0.2) is 0 Å². The summed E-state index contributed by atoms with van der Waals surface area (Å²) in [6, 6.07) is 19.5. The van der Waals surface area contributed by atoms with Crippen LogP contribution in [0.3, 0.4) is 0 Å². The van der Waals surface area contributed by atoms with Gasteiger partial charge in [-0.05, 0) is 48.5 Å². The van der Waals surface area contributed by atoms with Gasteiger partial charge in [0.1, 0.15) is 15.5 Å². The van der Waals surface area contributed by atoms with E-state index in [2.05, 4.69) is 20.5 Å². The lowest BCUT2D eigenvalue weighted by atomic mass is 10.1. The lowest BCUT2D eigenvalue weighted by Gasteiger charge is -2.11. The summed E-state index contributed by atoms with van der Waals surface area (Å²) in [5, 5.41) is 25.7. The van der Waals surface area contributed by atoms with E-state index < -0.39 is 46.9 Å². The predicted octanol–water partition coefficient (Wildman–Crippen LogP) is 5.87. The SMILES string of the molecule is O=S(=O)(O)c1cc(N=Nc2ccc(N=Nc3ccccc3)cc2)c(O)c2c(S(=O)(=O)O)cccc12. The van der Waals surface area contributed by atoms with Gasteiger partial charge in [0, 0.05) is 10.8 Å². The first kappa shape index (κ1) is 24.1. The van der Waals surface area contributed by atoms with Crippen LogP contribution in [0, 0.1) is 0 Å². The molecule has 0 saturated carbocycles. The molecule has 13 heteroatoms. The molecule has 0 heterocycles. The van der Waals surface area contributed by atoms with Crippen molar-refractivity contribution in [3.63, 3.8) is 0 Å². The summed E-state index contributed by atoms with van der Waals surface area (Å²) in [6.07, 6.45) is 0. The third-order valence-corrected chi connectivity index (χ3v) is 6.54. The van der Waals surface area contributed by atoms with Gasteiger partial charge in [0.2, 0.25) is 0 Å². The van der Waals surface area contributed by atoms with Crippen LogP contribution < -0.4 is 0 Å². The molecule has 3 N–H and O–H groups in total. The number of phenolic OH excluding ortho intramolecular Hbond substituents is 1. The highest BCUT2D eigenvalue weighted by Crippen LogP contribution is 2.42. The zero-order chi connectivity index (χ0) is 25.2. The number of hydrogen-bond acceptors (Lipinski definition) is 9. The van der Waals surface area contributed by atoms with Gasteiger partial charge in [-0.2, -0.15) is 32.2 Å². The van der Waals surface area contributed by atoms with Crippen LogP contribution in [-0.4, -0.2) is 31.0 Å². The van der Waals surface area contributed by atoms with E-state index in [1.807, 2.05) is 18.2 Å². The van der Waals surface area contributed by atoms with E-state index in [4.69, 9.17) is 0 Å². The summed E-state index contributed by atoms with van der Waals surface area (Å²) in [6.45, 7) is 0. The van der Waals surface area contributed by atoms with Crippen LogP contribution in [0.2, 0.25) is 0 Å². The second-order valence-corrected chi connectivity index (χ2v) is 9.90. The molecule has 0 bridgehead atoms. The molecule has 11 nitrogen and oxygen atoms in total. The predicted molar refractivity (Wildman–Crippen MR) is 126 cm³/mol. The fourth-order valence-electron chi connectivity index (χ4n) is 3.19. The van der Waals surface area contributed by atoms with Crippen molar-refractivity contribution in [1.29, 1.82) is 0 Å². The van der Waals surface area contributed by atoms with Crippen LogP contribution in [0.4, 0.5) is 22.7 Å². The zero-order valence-electron chi connectivity index (χ0n) is 17.6. The van der Waals surface area contributed by atoms with E-state index in [-0.39, 0.29) is 5.39 Å². The highest BCUT2D eigenvalue weighted by molar-refractivity contribution is 7.86. The Morgan fingerprint density at radius 2 is 1.09 bits per heavy atom. The van der Waals surface area contributed by atoms with Crippen molar-refractivity contribution in [3.8, 4) is 5.75 Å². The van der Waals surface area contributed by atoms with Gasteiger partial charge in [0.25, 0.3) is 20.2 Å². The number of fused-ring (bicyclic) bond motifs is 1. The van der Waals surface area contributed by atoms with Crippen molar-refractivity contribution in [3.05, 3.63) is 78.9 Å². The number of rotatable bonds is 6. The van der Waals surface area contributed by atoms with Gasteiger partial charge in [0.15, 0.2) is 5.75 Å². The fourth-order valence-corrected chi connectivity index (χ4v) is 4.62. The summed E-state index contributed by atoms with van der Waals surface area (Å²) in [5.41, 5.74) is 1.03. The van der Waals surface area contributed by atoms with Gasteiger partial charge in [-0.3, -0.25) is 9.11 Å². The summed E-state index contributed by atoms with van der Waals surface area (Å²) in [7, 11) is -9.72. The topological polar surface area (TPSA) is 178 Å². The average Bonchev–Trinajstić information content (AvgIpc) is 2.82. The van der Waals surface area contributed by atoms with Crippen LogP contribution >= 0.6 is 0 Å². The molecule has 0 atom stereocenters. The molecule has 0 unspecified atom stereocenters. The minimum Gasteiger partial charge on any atom is -0.505 e. The highest BCUT2D eigenvalue weighted by atomic mass is 32.2. The first-order valence-electron chi connectivity index (χ1n) is 9.76. The minimum atomic E-state index is -4.86. The lowest BCUT2D eigenvalue weighted by Crippen LogP contribution is -2.03. The Bertz CT molecular complexity index is 1690. The molecule has 0 radical (unpaired) electrons. The molecule has 0 aliphatic heterocycles. The maximum atomic E-state index is 11.9. The summed E-state index contributed by atoms with van der Waals surface area (Å²) < 4.78 is 66.6. The second kappa shape index (κ2) is 9.31. The molecule has 4 rings (SSSR count). The van der Waals surface area contributed by atoms with Crippen LogP contribution in [0.25, 0.3) is 10.8 Å².